The highest BCUT2D eigenvalue weighted by atomic mass is 16.5. The van der Waals surface area contributed by atoms with Crippen LogP contribution in [-0.4, -0.2) is 6.61 Å². The van der Waals surface area contributed by atoms with E-state index in [0.29, 0.717) is 24.2 Å². The number of benzene rings is 3. The molecule has 0 spiro atoms. The topological polar surface area (TPSA) is 39.4 Å². The molecule has 0 radical (unpaired) electrons. The van der Waals surface area contributed by atoms with Gasteiger partial charge in [0.15, 0.2) is 0 Å². The SMILES string of the molecule is Cc1cc(OC/C=C/c2ccccc2)c2c(C)c(Cc3ccccc3)c(=O)oc2c1. The Balaban J connectivity index is 1.67. The molecule has 1 aromatic heterocycles. The Bertz CT molecular complexity index is 1240. The first-order valence-corrected chi connectivity index (χ1v) is 10.1. The maximum atomic E-state index is 12.7. The van der Waals surface area contributed by atoms with Crippen molar-refractivity contribution in [3.63, 3.8) is 0 Å². The minimum Gasteiger partial charge on any atom is -0.489 e. The van der Waals surface area contributed by atoms with Crippen LogP contribution in [0, 0.1) is 13.8 Å². The van der Waals surface area contributed by atoms with Gasteiger partial charge in [-0.05, 0) is 54.3 Å². The molecule has 4 aromatic rings. The number of aryl methyl sites for hydroxylation is 2. The second-order valence-corrected chi connectivity index (χ2v) is 7.42. The van der Waals surface area contributed by atoms with Gasteiger partial charge >= 0.3 is 5.63 Å². The lowest BCUT2D eigenvalue weighted by Crippen LogP contribution is -2.11. The third-order valence-corrected chi connectivity index (χ3v) is 5.16. The number of fused-ring (bicyclic) bond motifs is 1. The predicted octanol–water partition coefficient (Wildman–Crippen LogP) is 6.09. The van der Waals surface area contributed by atoms with Gasteiger partial charge in [-0.15, -0.1) is 0 Å². The molecule has 0 saturated carbocycles. The van der Waals surface area contributed by atoms with Gasteiger partial charge in [-0.25, -0.2) is 4.79 Å². The third kappa shape index (κ3) is 4.36. The number of rotatable bonds is 6. The van der Waals surface area contributed by atoms with Crippen LogP contribution in [0.4, 0.5) is 0 Å². The molecule has 0 N–H and O–H groups in total. The maximum absolute atomic E-state index is 12.7. The zero-order chi connectivity index (χ0) is 20.9. The monoisotopic (exact) mass is 396 g/mol. The second-order valence-electron chi connectivity index (χ2n) is 7.42. The third-order valence-electron chi connectivity index (χ3n) is 5.16. The lowest BCUT2D eigenvalue weighted by atomic mass is 9.98. The van der Waals surface area contributed by atoms with E-state index in [2.05, 4.69) is 0 Å². The van der Waals surface area contributed by atoms with E-state index in [1.54, 1.807) is 0 Å². The van der Waals surface area contributed by atoms with E-state index >= 15 is 0 Å². The zero-order valence-corrected chi connectivity index (χ0v) is 17.2. The van der Waals surface area contributed by atoms with E-state index in [1.165, 1.54) is 0 Å². The minimum atomic E-state index is -0.288. The molecule has 1 heterocycles. The molecule has 30 heavy (non-hydrogen) atoms. The molecule has 0 fully saturated rings. The summed E-state index contributed by atoms with van der Waals surface area (Å²) in [6.45, 7) is 4.37. The Labute approximate surface area is 176 Å². The Morgan fingerprint density at radius 2 is 1.63 bits per heavy atom. The van der Waals surface area contributed by atoms with Gasteiger partial charge in [-0.1, -0.05) is 66.7 Å². The molecule has 3 nitrogen and oxygen atoms in total. The van der Waals surface area contributed by atoms with Gasteiger partial charge < -0.3 is 9.15 Å². The summed E-state index contributed by atoms with van der Waals surface area (Å²) in [4.78, 5) is 12.7. The van der Waals surface area contributed by atoms with Gasteiger partial charge in [-0.3, -0.25) is 0 Å². The van der Waals surface area contributed by atoms with Crippen molar-refractivity contribution in [2.75, 3.05) is 6.61 Å². The highest BCUT2D eigenvalue weighted by Gasteiger charge is 2.16. The summed E-state index contributed by atoms with van der Waals surface area (Å²) in [5.74, 6) is 0.735. The van der Waals surface area contributed by atoms with Crippen LogP contribution in [0.15, 0.2) is 88.1 Å². The zero-order valence-electron chi connectivity index (χ0n) is 17.2. The van der Waals surface area contributed by atoms with Crippen LogP contribution in [0.3, 0.4) is 0 Å². The average molecular weight is 396 g/mol. The van der Waals surface area contributed by atoms with Gasteiger partial charge in [0.1, 0.15) is 17.9 Å². The molecule has 0 saturated heterocycles. The van der Waals surface area contributed by atoms with Gasteiger partial charge in [0.25, 0.3) is 0 Å². The Kier molecular flexibility index (Phi) is 5.80. The standard InChI is InChI=1S/C27H24O3/c1-19-16-24(29-15-9-14-21-10-5-3-6-11-21)26-20(2)23(27(28)30-25(26)17-19)18-22-12-7-4-8-13-22/h3-14,16-17H,15,18H2,1-2H3/b14-9+. The smallest absolute Gasteiger partial charge is 0.340 e. The molecule has 3 heteroatoms. The van der Waals surface area contributed by atoms with Gasteiger partial charge in [0.05, 0.1) is 5.39 Å². The van der Waals surface area contributed by atoms with Crippen molar-refractivity contribution >= 4 is 17.0 Å². The van der Waals surface area contributed by atoms with Crippen LogP contribution >= 0.6 is 0 Å². The van der Waals surface area contributed by atoms with Crippen molar-refractivity contribution in [3.8, 4) is 5.75 Å². The van der Waals surface area contributed by atoms with E-state index in [-0.39, 0.29) is 5.63 Å². The van der Waals surface area contributed by atoms with Crippen molar-refractivity contribution < 1.29 is 9.15 Å². The van der Waals surface area contributed by atoms with Crippen LogP contribution in [0.25, 0.3) is 17.0 Å². The first kappa shape index (κ1) is 19.7. The number of ether oxygens (including phenoxy) is 1. The van der Waals surface area contributed by atoms with E-state index in [1.807, 2.05) is 98.8 Å². The molecular weight excluding hydrogens is 372 g/mol. The van der Waals surface area contributed by atoms with E-state index < -0.39 is 0 Å². The first-order valence-electron chi connectivity index (χ1n) is 10.1. The fourth-order valence-electron chi connectivity index (χ4n) is 3.64. The van der Waals surface area contributed by atoms with E-state index in [9.17, 15) is 4.79 Å². The van der Waals surface area contributed by atoms with E-state index in [0.717, 1.165) is 33.4 Å². The van der Waals surface area contributed by atoms with Crippen LogP contribution in [-0.2, 0) is 6.42 Å². The summed E-state index contributed by atoms with van der Waals surface area (Å²) in [5, 5.41) is 0.860. The highest BCUT2D eigenvalue weighted by molar-refractivity contribution is 5.88. The Morgan fingerprint density at radius 3 is 2.37 bits per heavy atom. The summed E-state index contributed by atoms with van der Waals surface area (Å²) in [6.07, 6.45) is 4.56. The van der Waals surface area contributed by atoms with Gasteiger partial charge in [0, 0.05) is 12.0 Å². The van der Waals surface area contributed by atoms with Crippen molar-refractivity contribution in [1.82, 2.24) is 0 Å². The average Bonchev–Trinajstić information content (AvgIpc) is 2.75. The van der Waals surface area contributed by atoms with Crippen molar-refractivity contribution in [2.45, 2.75) is 20.3 Å². The molecule has 0 aliphatic rings. The van der Waals surface area contributed by atoms with Crippen LogP contribution in [0.2, 0.25) is 0 Å². The fourth-order valence-corrected chi connectivity index (χ4v) is 3.64. The molecule has 0 amide bonds. The molecule has 0 unspecified atom stereocenters. The normalized spacial score (nSPS) is 11.3. The van der Waals surface area contributed by atoms with Crippen molar-refractivity contribution in [1.29, 1.82) is 0 Å². The van der Waals surface area contributed by atoms with Crippen LogP contribution in [0.1, 0.15) is 27.8 Å². The summed E-state index contributed by atoms with van der Waals surface area (Å²) in [7, 11) is 0. The molecule has 0 bridgehead atoms. The predicted molar refractivity (Wildman–Crippen MR) is 122 cm³/mol. The molecule has 150 valence electrons. The van der Waals surface area contributed by atoms with Crippen LogP contribution in [0.5, 0.6) is 5.75 Å². The molecule has 4 rings (SSSR count). The van der Waals surface area contributed by atoms with Crippen molar-refractivity contribution in [2.24, 2.45) is 0 Å². The Morgan fingerprint density at radius 1 is 0.933 bits per heavy atom. The lowest BCUT2D eigenvalue weighted by molar-refractivity contribution is 0.367. The lowest BCUT2D eigenvalue weighted by Gasteiger charge is -2.13. The molecule has 0 aliphatic carbocycles. The summed E-state index contributed by atoms with van der Waals surface area (Å²) < 4.78 is 11.8. The van der Waals surface area contributed by atoms with E-state index in [4.69, 9.17) is 9.15 Å². The molecular formula is C27H24O3. The van der Waals surface area contributed by atoms with Crippen molar-refractivity contribution in [3.05, 3.63) is 117 Å². The second kappa shape index (κ2) is 8.83. The maximum Gasteiger partial charge on any atom is 0.340 e. The van der Waals surface area contributed by atoms with Gasteiger partial charge in [-0.2, -0.15) is 0 Å². The largest absolute Gasteiger partial charge is 0.489 e. The fraction of sp³-hybridized carbons (Fsp3) is 0.148. The molecule has 0 aliphatic heterocycles. The summed E-state index contributed by atoms with van der Waals surface area (Å²) in [5.41, 5.74) is 5.05. The number of hydrogen-bond donors (Lipinski definition) is 0. The first-order chi connectivity index (χ1) is 14.6. The quantitative estimate of drug-likeness (QED) is 0.370. The van der Waals surface area contributed by atoms with Gasteiger partial charge in [0.2, 0.25) is 0 Å². The number of hydrogen-bond acceptors (Lipinski definition) is 3. The molecule has 0 atom stereocenters. The minimum absolute atomic E-state index is 0.288. The highest BCUT2D eigenvalue weighted by Crippen LogP contribution is 2.31. The summed E-state index contributed by atoms with van der Waals surface area (Å²) in [6, 6.07) is 24.0. The van der Waals surface area contributed by atoms with Crippen LogP contribution < -0.4 is 10.4 Å². The molecule has 3 aromatic carbocycles. The summed E-state index contributed by atoms with van der Waals surface area (Å²) >= 11 is 0. The Hall–Kier alpha value is -3.59.